The lowest BCUT2D eigenvalue weighted by molar-refractivity contribution is 0.340. The van der Waals surface area contributed by atoms with Gasteiger partial charge < -0.3 is 9.47 Å². The van der Waals surface area contributed by atoms with E-state index in [1.54, 1.807) is 12.4 Å². The molecule has 0 unspecified atom stereocenters. The van der Waals surface area contributed by atoms with Crippen molar-refractivity contribution in [3.63, 3.8) is 0 Å². The first-order valence-corrected chi connectivity index (χ1v) is 9.61. The minimum absolute atomic E-state index is 0.597. The number of aliphatic imine (C=N–C) groups is 1. The molecule has 0 saturated heterocycles. The van der Waals surface area contributed by atoms with Crippen LogP contribution < -0.4 is 14.9 Å². The van der Waals surface area contributed by atoms with Crippen LogP contribution in [-0.4, -0.2) is 29.7 Å². The van der Waals surface area contributed by atoms with Crippen LogP contribution in [-0.2, 0) is 0 Å². The van der Waals surface area contributed by atoms with Gasteiger partial charge in [0.15, 0.2) is 5.84 Å². The fourth-order valence-electron chi connectivity index (χ4n) is 3.11. The number of hydrazone groups is 1. The molecule has 0 fully saturated rings. The van der Waals surface area contributed by atoms with Crippen LogP contribution in [0.1, 0.15) is 30.5 Å². The molecule has 0 bridgehead atoms. The van der Waals surface area contributed by atoms with Crippen LogP contribution in [0.15, 0.2) is 77.1 Å². The van der Waals surface area contributed by atoms with E-state index in [1.807, 2.05) is 68.4 Å². The normalized spacial score (nSPS) is 12.8. The van der Waals surface area contributed by atoms with E-state index in [4.69, 9.17) is 14.5 Å². The molecule has 6 nitrogen and oxygen atoms in total. The molecule has 6 heteroatoms. The molecule has 0 atom stereocenters. The Kier molecular flexibility index (Phi) is 5.52. The Morgan fingerprint density at radius 2 is 1.48 bits per heavy atom. The monoisotopic (exact) mass is 386 g/mol. The molecule has 0 radical (unpaired) electrons. The maximum absolute atomic E-state index is 5.69. The van der Waals surface area contributed by atoms with E-state index in [1.165, 1.54) is 0 Å². The van der Waals surface area contributed by atoms with Crippen molar-refractivity contribution in [2.75, 3.05) is 13.2 Å². The highest BCUT2D eigenvalue weighted by Crippen LogP contribution is 2.29. The summed E-state index contributed by atoms with van der Waals surface area (Å²) >= 11 is 0. The number of aromatic nitrogens is 1. The summed E-state index contributed by atoms with van der Waals surface area (Å²) in [4.78, 5) is 8.95. The van der Waals surface area contributed by atoms with E-state index < -0.39 is 0 Å². The number of nitrogens with zero attached hydrogens (tertiary/aromatic N) is 3. The highest BCUT2D eigenvalue weighted by atomic mass is 16.5. The third-order valence-electron chi connectivity index (χ3n) is 4.43. The molecule has 29 heavy (non-hydrogen) atoms. The Morgan fingerprint density at radius 1 is 0.793 bits per heavy atom. The Balaban J connectivity index is 1.78. The molecule has 1 N–H and O–H groups in total. The van der Waals surface area contributed by atoms with Gasteiger partial charge in [0.25, 0.3) is 0 Å². The van der Waals surface area contributed by atoms with Crippen molar-refractivity contribution in [2.45, 2.75) is 13.8 Å². The van der Waals surface area contributed by atoms with Crippen LogP contribution in [0, 0.1) is 0 Å². The predicted molar refractivity (Wildman–Crippen MR) is 114 cm³/mol. The van der Waals surface area contributed by atoms with Crippen LogP contribution in [0.5, 0.6) is 11.5 Å². The second-order valence-corrected chi connectivity index (χ2v) is 6.34. The molecule has 2 aromatic carbocycles. The van der Waals surface area contributed by atoms with Crippen molar-refractivity contribution in [3.8, 4) is 11.5 Å². The van der Waals surface area contributed by atoms with Crippen LogP contribution in [0.3, 0.4) is 0 Å². The standard InChI is InChI=1S/C23H22N4O2/c1-3-28-18-7-5-17(6-8-18)23-25-21-10-9-19(29-4-2)15-20(21)22(26-27-23)16-11-13-24-14-12-16/h5-15H,3-4H2,1-2H3,(H,25,27). The molecule has 1 aromatic heterocycles. The van der Waals surface area contributed by atoms with Gasteiger partial charge in [0, 0.05) is 29.1 Å². The number of pyridine rings is 1. The van der Waals surface area contributed by atoms with Crippen molar-refractivity contribution in [2.24, 2.45) is 10.1 Å². The second kappa shape index (κ2) is 8.56. The first kappa shape index (κ1) is 18.7. The zero-order valence-electron chi connectivity index (χ0n) is 16.4. The predicted octanol–water partition coefficient (Wildman–Crippen LogP) is 4.31. The summed E-state index contributed by atoms with van der Waals surface area (Å²) < 4.78 is 11.2. The van der Waals surface area contributed by atoms with Gasteiger partial charge in [-0.2, -0.15) is 5.10 Å². The van der Waals surface area contributed by atoms with Crippen molar-refractivity contribution in [3.05, 3.63) is 83.7 Å². The SMILES string of the molecule is CCOc1ccc(C2=Nc3ccc(OCC)cc3C(c3ccncc3)=NN2)cc1. The molecule has 3 aromatic rings. The first-order valence-electron chi connectivity index (χ1n) is 9.61. The van der Waals surface area contributed by atoms with E-state index in [-0.39, 0.29) is 0 Å². The molecular weight excluding hydrogens is 364 g/mol. The minimum atomic E-state index is 0.597. The smallest absolute Gasteiger partial charge is 0.154 e. The van der Waals surface area contributed by atoms with E-state index in [2.05, 4.69) is 15.5 Å². The van der Waals surface area contributed by atoms with Crippen LogP contribution in [0.2, 0.25) is 0 Å². The van der Waals surface area contributed by atoms with Gasteiger partial charge in [-0.15, -0.1) is 0 Å². The lowest BCUT2D eigenvalue weighted by Crippen LogP contribution is -2.19. The molecule has 4 rings (SSSR count). The summed E-state index contributed by atoms with van der Waals surface area (Å²) in [5, 5.41) is 4.67. The number of fused-ring (bicyclic) bond motifs is 1. The zero-order valence-corrected chi connectivity index (χ0v) is 16.4. The molecule has 0 spiro atoms. The van der Waals surface area contributed by atoms with E-state index in [0.29, 0.717) is 19.0 Å². The topological polar surface area (TPSA) is 68.1 Å². The van der Waals surface area contributed by atoms with Gasteiger partial charge in [-0.05, 0) is 68.4 Å². The Labute approximate surface area is 169 Å². The van der Waals surface area contributed by atoms with Crippen LogP contribution >= 0.6 is 0 Å². The van der Waals surface area contributed by atoms with Gasteiger partial charge in [-0.1, -0.05) is 0 Å². The summed E-state index contributed by atoms with van der Waals surface area (Å²) in [5.41, 5.74) is 7.51. The quantitative estimate of drug-likeness (QED) is 0.685. The Hall–Kier alpha value is -3.67. The Morgan fingerprint density at radius 3 is 2.21 bits per heavy atom. The molecule has 1 aliphatic rings. The number of nitrogens with one attached hydrogen (secondary N) is 1. The lowest BCUT2D eigenvalue weighted by Gasteiger charge is -2.10. The third-order valence-corrected chi connectivity index (χ3v) is 4.43. The lowest BCUT2D eigenvalue weighted by atomic mass is 10.0. The fraction of sp³-hybridized carbons (Fsp3) is 0.174. The summed E-state index contributed by atoms with van der Waals surface area (Å²) in [6.07, 6.45) is 3.51. The summed E-state index contributed by atoms with van der Waals surface area (Å²) in [5.74, 6) is 2.28. The number of hydrogen-bond donors (Lipinski definition) is 1. The van der Waals surface area contributed by atoms with Crippen molar-refractivity contribution in [1.29, 1.82) is 0 Å². The van der Waals surface area contributed by atoms with E-state index >= 15 is 0 Å². The maximum atomic E-state index is 5.69. The number of ether oxygens (including phenoxy) is 2. The van der Waals surface area contributed by atoms with Gasteiger partial charge >= 0.3 is 0 Å². The number of hydrogen-bond acceptors (Lipinski definition) is 6. The van der Waals surface area contributed by atoms with E-state index in [9.17, 15) is 0 Å². The number of benzene rings is 2. The molecular formula is C23H22N4O2. The molecule has 0 aliphatic carbocycles. The zero-order chi connectivity index (χ0) is 20.1. The number of rotatable bonds is 6. The van der Waals surface area contributed by atoms with Gasteiger partial charge in [0.1, 0.15) is 17.2 Å². The maximum Gasteiger partial charge on any atom is 0.154 e. The number of amidine groups is 1. The molecule has 1 aliphatic heterocycles. The van der Waals surface area contributed by atoms with Gasteiger partial charge in [0.05, 0.1) is 18.9 Å². The van der Waals surface area contributed by atoms with Crippen molar-refractivity contribution in [1.82, 2.24) is 10.4 Å². The largest absolute Gasteiger partial charge is 0.494 e. The van der Waals surface area contributed by atoms with Gasteiger partial charge in [-0.3, -0.25) is 10.4 Å². The average Bonchev–Trinajstić information content (AvgIpc) is 2.95. The summed E-state index contributed by atoms with van der Waals surface area (Å²) in [6.45, 7) is 5.16. The van der Waals surface area contributed by atoms with Crippen molar-refractivity contribution >= 4 is 17.2 Å². The summed E-state index contributed by atoms with van der Waals surface area (Å²) in [6, 6.07) is 17.5. The summed E-state index contributed by atoms with van der Waals surface area (Å²) in [7, 11) is 0. The molecule has 0 saturated carbocycles. The molecule has 0 amide bonds. The third kappa shape index (κ3) is 4.11. The average molecular weight is 386 g/mol. The van der Waals surface area contributed by atoms with E-state index in [0.717, 1.165) is 39.6 Å². The second-order valence-electron chi connectivity index (χ2n) is 6.34. The highest BCUT2D eigenvalue weighted by molar-refractivity contribution is 6.18. The molecule has 146 valence electrons. The molecule has 2 heterocycles. The van der Waals surface area contributed by atoms with Crippen LogP contribution in [0.25, 0.3) is 0 Å². The fourth-order valence-corrected chi connectivity index (χ4v) is 3.11. The first-order chi connectivity index (χ1) is 14.3. The van der Waals surface area contributed by atoms with Gasteiger partial charge in [-0.25, -0.2) is 4.99 Å². The minimum Gasteiger partial charge on any atom is -0.494 e. The van der Waals surface area contributed by atoms with Gasteiger partial charge in [0.2, 0.25) is 0 Å². The Bertz CT molecular complexity index is 1040. The van der Waals surface area contributed by atoms with Crippen LogP contribution in [0.4, 0.5) is 5.69 Å². The highest BCUT2D eigenvalue weighted by Gasteiger charge is 2.18. The van der Waals surface area contributed by atoms with Crippen molar-refractivity contribution < 1.29 is 9.47 Å².